The van der Waals surface area contributed by atoms with Crippen LogP contribution in [0.5, 0.6) is 0 Å². The molecule has 1 heterocycles. The maximum atomic E-state index is 12.9. The summed E-state index contributed by atoms with van der Waals surface area (Å²) in [7, 11) is 0. The Morgan fingerprint density at radius 3 is 2.25 bits per heavy atom. The van der Waals surface area contributed by atoms with Crippen molar-refractivity contribution < 1.29 is 26.3 Å². The largest absolute Gasteiger partial charge is 0.416 e. The maximum absolute atomic E-state index is 12.9. The number of nitrogens with zero attached hydrogens (tertiary/aromatic N) is 1. The Hall–Kier alpha value is -1.86. The van der Waals surface area contributed by atoms with Crippen LogP contribution >= 0.6 is 0 Å². The fourth-order valence-corrected chi connectivity index (χ4v) is 1.86. The van der Waals surface area contributed by atoms with Gasteiger partial charge in [-0.05, 0) is 17.7 Å². The van der Waals surface area contributed by atoms with E-state index in [4.69, 9.17) is 0 Å². The molecule has 0 spiro atoms. The van der Waals surface area contributed by atoms with Crippen LogP contribution in [0.1, 0.15) is 16.7 Å². The Morgan fingerprint density at radius 2 is 1.75 bits per heavy atom. The highest BCUT2D eigenvalue weighted by Crippen LogP contribution is 2.37. The summed E-state index contributed by atoms with van der Waals surface area (Å²) in [5, 5.41) is 2.77. The minimum absolute atomic E-state index is 0.115. The normalized spacial score (nSPS) is 15.6. The summed E-state index contributed by atoms with van der Waals surface area (Å²) < 4.78 is 76.1. The van der Waals surface area contributed by atoms with Crippen molar-refractivity contribution in [2.45, 2.75) is 18.9 Å². The average molecular weight is 296 g/mol. The molecule has 1 aromatic carbocycles. The molecular formula is C12H10F6N2. The van der Waals surface area contributed by atoms with Crippen LogP contribution in [0.2, 0.25) is 0 Å². The fourth-order valence-electron chi connectivity index (χ4n) is 1.86. The van der Waals surface area contributed by atoms with E-state index in [1.165, 1.54) is 11.1 Å². The van der Waals surface area contributed by atoms with Gasteiger partial charge in [0.2, 0.25) is 0 Å². The average Bonchev–Trinajstić information content (AvgIpc) is 2.79. The highest BCUT2D eigenvalue weighted by molar-refractivity contribution is 5.35. The van der Waals surface area contributed by atoms with E-state index in [2.05, 4.69) is 5.32 Å². The van der Waals surface area contributed by atoms with Crippen molar-refractivity contribution in [2.24, 2.45) is 0 Å². The molecule has 0 atom stereocenters. The van der Waals surface area contributed by atoms with Gasteiger partial charge in [0.25, 0.3) is 0 Å². The molecule has 0 aromatic heterocycles. The van der Waals surface area contributed by atoms with Gasteiger partial charge in [-0.3, -0.25) is 0 Å². The van der Waals surface area contributed by atoms with Crippen LogP contribution in [-0.2, 0) is 18.9 Å². The summed E-state index contributed by atoms with van der Waals surface area (Å²) in [6.45, 7) is 0.203. The van der Waals surface area contributed by atoms with E-state index >= 15 is 0 Å². The predicted molar refractivity (Wildman–Crippen MR) is 59.1 cm³/mol. The molecule has 1 aliphatic heterocycles. The molecule has 2 rings (SSSR count). The molecule has 0 radical (unpaired) electrons. The van der Waals surface area contributed by atoms with Crippen LogP contribution in [0, 0.1) is 0 Å². The minimum Gasteiger partial charge on any atom is -0.373 e. The molecular weight excluding hydrogens is 286 g/mol. The molecule has 1 aliphatic rings. The first-order valence-electron chi connectivity index (χ1n) is 5.59. The Bertz CT molecular complexity index is 518. The van der Waals surface area contributed by atoms with Gasteiger partial charge >= 0.3 is 12.4 Å². The first-order valence-corrected chi connectivity index (χ1v) is 5.59. The summed E-state index contributed by atoms with van der Waals surface area (Å²) in [4.78, 5) is 1.53. The zero-order chi connectivity index (χ0) is 15.0. The van der Waals surface area contributed by atoms with Crippen molar-refractivity contribution in [3.63, 3.8) is 0 Å². The van der Waals surface area contributed by atoms with Crippen molar-refractivity contribution in [3.8, 4) is 0 Å². The summed E-state index contributed by atoms with van der Waals surface area (Å²) in [5.41, 5.74) is -2.75. The zero-order valence-electron chi connectivity index (χ0n) is 10.0. The van der Waals surface area contributed by atoms with E-state index in [0.29, 0.717) is 12.7 Å². The third-order valence-electron chi connectivity index (χ3n) is 2.81. The highest BCUT2D eigenvalue weighted by atomic mass is 19.4. The molecule has 1 aromatic rings. The lowest BCUT2D eigenvalue weighted by Gasteiger charge is -2.20. The lowest BCUT2D eigenvalue weighted by molar-refractivity contribution is -0.143. The van der Waals surface area contributed by atoms with Crippen molar-refractivity contribution in [3.05, 3.63) is 47.3 Å². The highest BCUT2D eigenvalue weighted by Gasteiger charge is 2.38. The molecule has 0 saturated heterocycles. The Labute approximate surface area is 110 Å². The summed E-state index contributed by atoms with van der Waals surface area (Å²) >= 11 is 0. The summed E-state index contributed by atoms with van der Waals surface area (Å²) in [6, 6.07) is 1.69. The van der Waals surface area contributed by atoms with E-state index in [-0.39, 0.29) is 18.2 Å². The number of hydrogen-bond acceptors (Lipinski definition) is 2. The van der Waals surface area contributed by atoms with E-state index in [0.717, 1.165) is 6.07 Å². The molecule has 0 bridgehead atoms. The summed E-state index contributed by atoms with van der Waals surface area (Å²) in [5.74, 6) is 0. The van der Waals surface area contributed by atoms with Gasteiger partial charge in [-0.1, -0.05) is 6.07 Å². The smallest absolute Gasteiger partial charge is 0.373 e. The molecule has 0 amide bonds. The Morgan fingerprint density at radius 1 is 1.05 bits per heavy atom. The van der Waals surface area contributed by atoms with Gasteiger partial charge < -0.3 is 10.2 Å². The predicted octanol–water partition coefficient (Wildman–Crippen LogP) is 3.56. The van der Waals surface area contributed by atoms with Crippen LogP contribution in [0.4, 0.5) is 26.3 Å². The number of benzene rings is 1. The molecule has 2 nitrogen and oxygen atoms in total. The van der Waals surface area contributed by atoms with Crippen LogP contribution < -0.4 is 5.32 Å². The lowest BCUT2D eigenvalue weighted by Crippen LogP contribution is -2.22. The van der Waals surface area contributed by atoms with Crippen LogP contribution in [0.25, 0.3) is 0 Å². The molecule has 1 N–H and O–H groups in total. The zero-order valence-corrected chi connectivity index (χ0v) is 10.0. The first-order chi connectivity index (χ1) is 9.18. The minimum atomic E-state index is -4.83. The first kappa shape index (κ1) is 14.5. The second-order valence-electron chi connectivity index (χ2n) is 4.29. The molecule has 0 unspecified atom stereocenters. The molecule has 8 heteroatoms. The SMILES string of the molecule is FC(F)(F)c1ccc(CN2C=CNC2)c(C(F)(F)F)c1. The van der Waals surface area contributed by atoms with Gasteiger partial charge in [0.1, 0.15) is 0 Å². The number of halogens is 6. The van der Waals surface area contributed by atoms with E-state index < -0.39 is 23.5 Å². The second-order valence-corrected chi connectivity index (χ2v) is 4.29. The third kappa shape index (κ3) is 3.17. The molecule has 0 fully saturated rings. The van der Waals surface area contributed by atoms with Crippen molar-refractivity contribution in [1.29, 1.82) is 0 Å². The van der Waals surface area contributed by atoms with Gasteiger partial charge in [-0.15, -0.1) is 0 Å². The Kier molecular flexibility index (Phi) is 3.58. The number of hydrogen-bond donors (Lipinski definition) is 1. The number of alkyl halides is 6. The Balaban J connectivity index is 2.38. The van der Waals surface area contributed by atoms with Gasteiger partial charge in [-0.2, -0.15) is 26.3 Å². The quantitative estimate of drug-likeness (QED) is 0.840. The fraction of sp³-hybridized carbons (Fsp3) is 0.333. The number of rotatable bonds is 2. The lowest BCUT2D eigenvalue weighted by atomic mass is 10.0. The van der Waals surface area contributed by atoms with Gasteiger partial charge in [0, 0.05) is 18.9 Å². The summed E-state index contributed by atoms with van der Waals surface area (Å²) in [6.07, 6.45) is -6.53. The monoisotopic (exact) mass is 296 g/mol. The molecule has 20 heavy (non-hydrogen) atoms. The van der Waals surface area contributed by atoms with Crippen molar-refractivity contribution in [2.75, 3.05) is 6.67 Å². The second kappa shape index (κ2) is 4.92. The molecule has 110 valence electrons. The number of nitrogens with one attached hydrogen (secondary N) is 1. The van der Waals surface area contributed by atoms with E-state index in [1.807, 2.05) is 0 Å². The van der Waals surface area contributed by atoms with Gasteiger partial charge in [0.15, 0.2) is 0 Å². The topological polar surface area (TPSA) is 15.3 Å². The van der Waals surface area contributed by atoms with Crippen LogP contribution in [-0.4, -0.2) is 11.6 Å². The standard InChI is InChI=1S/C12H10F6N2/c13-11(14,15)9-2-1-8(6-20-4-3-19-7-20)10(5-9)12(16,17)18/h1-5,19H,6-7H2. The van der Waals surface area contributed by atoms with E-state index in [1.54, 1.807) is 6.20 Å². The van der Waals surface area contributed by atoms with Crippen molar-refractivity contribution >= 4 is 0 Å². The van der Waals surface area contributed by atoms with E-state index in [9.17, 15) is 26.3 Å². The third-order valence-corrected chi connectivity index (χ3v) is 2.81. The maximum Gasteiger partial charge on any atom is 0.416 e. The van der Waals surface area contributed by atoms with Gasteiger partial charge in [-0.25, -0.2) is 0 Å². The van der Waals surface area contributed by atoms with Crippen LogP contribution in [0.15, 0.2) is 30.6 Å². The van der Waals surface area contributed by atoms with Crippen molar-refractivity contribution in [1.82, 2.24) is 10.2 Å². The van der Waals surface area contributed by atoms with Crippen LogP contribution in [0.3, 0.4) is 0 Å². The molecule has 0 aliphatic carbocycles. The van der Waals surface area contributed by atoms with Gasteiger partial charge in [0.05, 0.1) is 17.8 Å². The molecule has 0 saturated carbocycles.